The highest BCUT2D eigenvalue weighted by molar-refractivity contribution is 7.99. The summed E-state index contributed by atoms with van der Waals surface area (Å²) < 4.78 is 2.08. The first kappa shape index (κ1) is 33.3. The van der Waals surface area contributed by atoms with Crippen LogP contribution in [-0.4, -0.2) is 74.0 Å². The summed E-state index contributed by atoms with van der Waals surface area (Å²) in [6, 6.07) is 32.7. The van der Waals surface area contributed by atoms with Crippen LogP contribution in [0.25, 0.3) is 0 Å². The molecule has 4 heterocycles. The third kappa shape index (κ3) is 6.81. The van der Waals surface area contributed by atoms with Crippen molar-refractivity contribution < 1.29 is 19.5 Å². The molecule has 50 heavy (non-hydrogen) atoms. The summed E-state index contributed by atoms with van der Waals surface area (Å²) in [6.45, 7) is 0.0298. The SMILES string of the molecule is CN(C(=O)C(Cc1ccccc1)NC(=O)[C@@H]1C[C@@H](O)CN1C(=O)c1ccn2c1CS[C@@H]2c1cccnc1)C(c1ccccc1)c1ccccc1. The minimum Gasteiger partial charge on any atom is -0.391 e. The van der Waals surface area contributed by atoms with Gasteiger partial charge >= 0.3 is 0 Å². The molecule has 1 fully saturated rings. The Hall–Kier alpha value is -5.19. The Morgan fingerprint density at radius 2 is 1.58 bits per heavy atom. The number of amides is 3. The van der Waals surface area contributed by atoms with Crippen LogP contribution in [-0.2, 0) is 21.8 Å². The van der Waals surface area contributed by atoms with E-state index >= 15 is 0 Å². The van der Waals surface area contributed by atoms with Crippen molar-refractivity contribution in [1.29, 1.82) is 0 Å². The monoisotopic (exact) mass is 685 g/mol. The van der Waals surface area contributed by atoms with Gasteiger partial charge in [-0.05, 0) is 28.8 Å². The van der Waals surface area contributed by atoms with Gasteiger partial charge in [0.25, 0.3) is 5.91 Å². The number of likely N-dealkylation sites (tertiary alicyclic amines) is 1. The van der Waals surface area contributed by atoms with Crippen LogP contribution in [0.15, 0.2) is 128 Å². The molecule has 4 atom stereocenters. The van der Waals surface area contributed by atoms with Gasteiger partial charge in [0.2, 0.25) is 11.8 Å². The maximum atomic E-state index is 14.5. The maximum Gasteiger partial charge on any atom is 0.256 e. The number of nitrogens with one attached hydrogen (secondary N) is 1. The van der Waals surface area contributed by atoms with E-state index in [1.807, 2.05) is 116 Å². The van der Waals surface area contributed by atoms with Gasteiger partial charge in [0.05, 0.1) is 17.7 Å². The summed E-state index contributed by atoms with van der Waals surface area (Å²) in [7, 11) is 1.76. The normalized spacial score (nSPS) is 18.9. The number of rotatable bonds is 10. The first-order valence-corrected chi connectivity index (χ1v) is 17.8. The highest BCUT2D eigenvalue weighted by atomic mass is 32.2. The van der Waals surface area contributed by atoms with Crippen molar-refractivity contribution in [1.82, 2.24) is 24.7 Å². The lowest BCUT2D eigenvalue weighted by Crippen LogP contribution is -2.54. The number of β-amino-alcohol motifs (C(OH)–C–C–N with tert-alkyl or cyclic N) is 1. The summed E-state index contributed by atoms with van der Waals surface area (Å²) in [5.74, 6) is -0.406. The average molecular weight is 686 g/mol. The zero-order valence-electron chi connectivity index (χ0n) is 27.7. The summed E-state index contributed by atoms with van der Waals surface area (Å²) in [6.07, 6.45) is 4.95. The molecular weight excluding hydrogens is 647 g/mol. The molecule has 2 aromatic heterocycles. The largest absolute Gasteiger partial charge is 0.391 e. The number of carbonyl (C=O) groups is 3. The summed E-state index contributed by atoms with van der Waals surface area (Å²) in [5.41, 5.74) is 5.21. The molecule has 2 aliphatic rings. The van der Waals surface area contributed by atoms with Crippen LogP contribution < -0.4 is 5.32 Å². The number of aliphatic hydroxyl groups is 1. The second kappa shape index (κ2) is 14.7. The molecule has 3 amide bonds. The van der Waals surface area contributed by atoms with Crippen LogP contribution >= 0.6 is 11.8 Å². The topological polar surface area (TPSA) is 108 Å². The van der Waals surface area contributed by atoms with Gasteiger partial charge in [-0.15, -0.1) is 11.8 Å². The van der Waals surface area contributed by atoms with Gasteiger partial charge < -0.3 is 24.8 Å². The molecule has 2 N–H and O–H groups in total. The minimum atomic E-state index is -0.938. The minimum absolute atomic E-state index is 0.000795. The number of likely N-dealkylation sites (N-methyl/N-ethyl adjacent to an activating group) is 1. The molecule has 5 aromatic rings. The molecular formula is C40H39N5O4S. The molecule has 7 rings (SSSR count). The maximum absolute atomic E-state index is 14.5. The molecule has 1 unspecified atom stereocenters. The van der Waals surface area contributed by atoms with Gasteiger partial charge in [-0.3, -0.25) is 19.4 Å². The van der Waals surface area contributed by atoms with E-state index in [-0.39, 0.29) is 36.6 Å². The number of nitrogens with zero attached hydrogens (tertiary/aromatic N) is 4. The first-order chi connectivity index (χ1) is 24.4. The fourth-order valence-corrected chi connectivity index (χ4v) is 8.42. The third-order valence-corrected chi connectivity index (χ3v) is 10.8. The zero-order chi connectivity index (χ0) is 34.6. The molecule has 3 aromatic carbocycles. The van der Waals surface area contributed by atoms with Gasteiger partial charge in [0.15, 0.2) is 0 Å². The van der Waals surface area contributed by atoms with Crippen LogP contribution in [0.5, 0.6) is 0 Å². The van der Waals surface area contributed by atoms with Crippen molar-refractivity contribution in [2.75, 3.05) is 13.6 Å². The Morgan fingerprint density at radius 1 is 0.920 bits per heavy atom. The van der Waals surface area contributed by atoms with Crippen molar-refractivity contribution >= 4 is 29.5 Å². The average Bonchev–Trinajstić information content (AvgIpc) is 3.88. The lowest BCUT2D eigenvalue weighted by atomic mass is 9.96. The van der Waals surface area contributed by atoms with E-state index in [0.717, 1.165) is 27.9 Å². The van der Waals surface area contributed by atoms with Gasteiger partial charge in [-0.25, -0.2) is 0 Å². The van der Waals surface area contributed by atoms with E-state index in [2.05, 4.69) is 14.9 Å². The van der Waals surface area contributed by atoms with Crippen LogP contribution in [0.4, 0.5) is 0 Å². The molecule has 0 radical (unpaired) electrons. The van der Waals surface area contributed by atoms with Crippen LogP contribution in [0.2, 0.25) is 0 Å². The van der Waals surface area contributed by atoms with Crippen LogP contribution in [0.1, 0.15) is 56.1 Å². The predicted octanol–water partition coefficient (Wildman–Crippen LogP) is 5.23. The fraction of sp³-hybridized carbons (Fsp3) is 0.250. The molecule has 9 nitrogen and oxygen atoms in total. The van der Waals surface area contributed by atoms with Gasteiger partial charge in [0, 0.05) is 62.0 Å². The van der Waals surface area contributed by atoms with E-state index in [4.69, 9.17) is 0 Å². The number of hydrogen-bond donors (Lipinski definition) is 2. The lowest BCUT2D eigenvalue weighted by molar-refractivity contribution is -0.137. The van der Waals surface area contributed by atoms with Gasteiger partial charge in [0.1, 0.15) is 17.5 Å². The van der Waals surface area contributed by atoms with E-state index < -0.39 is 30.1 Å². The number of hydrogen-bond acceptors (Lipinski definition) is 6. The van der Waals surface area contributed by atoms with E-state index in [1.54, 1.807) is 36.0 Å². The number of fused-ring (bicyclic) bond motifs is 1. The summed E-state index contributed by atoms with van der Waals surface area (Å²) in [5, 5.41) is 13.8. The predicted molar refractivity (Wildman–Crippen MR) is 193 cm³/mol. The Kier molecular flexibility index (Phi) is 9.82. The van der Waals surface area contributed by atoms with E-state index in [1.165, 1.54) is 4.90 Å². The van der Waals surface area contributed by atoms with Crippen molar-refractivity contribution in [2.45, 2.75) is 48.2 Å². The number of aromatic nitrogens is 2. The zero-order valence-corrected chi connectivity index (χ0v) is 28.5. The fourth-order valence-electron chi connectivity index (χ4n) is 7.11. The van der Waals surface area contributed by atoms with Crippen molar-refractivity contribution in [2.24, 2.45) is 0 Å². The lowest BCUT2D eigenvalue weighted by Gasteiger charge is -2.33. The number of aliphatic hydroxyl groups excluding tert-OH is 1. The van der Waals surface area contributed by atoms with Crippen molar-refractivity contribution in [3.63, 3.8) is 0 Å². The second-order valence-electron chi connectivity index (χ2n) is 12.8. The number of benzene rings is 3. The molecule has 2 aliphatic heterocycles. The molecule has 0 bridgehead atoms. The Balaban J connectivity index is 1.14. The number of carbonyl (C=O) groups excluding carboxylic acids is 3. The highest BCUT2D eigenvalue weighted by Crippen LogP contribution is 2.42. The van der Waals surface area contributed by atoms with E-state index in [0.29, 0.717) is 11.3 Å². The molecule has 1 saturated heterocycles. The standard InChI is InChI=1S/C40H39N5O4S/c1-43(36(28-14-7-3-8-15-28)29-16-9-4-10-17-29)39(49)33(22-27-12-5-2-6-13-27)42-37(47)34-23-31(46)25-45(34)38(48)32-19-21-44-35(32)26-50-40(44)30-18-11-20-41-24-30/h2-21,24,31,33-34,36,40,46H,22-23,25-26H2,1H3,(H,42,47)/t31-,33?,34+,40-/m1/s1. The number of pyridine rings is 1. The van der Waals surface area contributed by atoms with Crippen LogP contribution in [0.3, 0.4) is 0 Å². The Labute approximate surface area is 296 Å². The van der Waals surface area contributed by atoms with Gasteiger partial charge in [-0.1, -0.05) is 97.1 Å². The van der Waals surface area contributed by atoms with Gasteiger partial charge in [-0.2, -0.15) is 0 Å². The summed E-state index contributed by atoms with van der Waals surface area (Å²) >= 11 is 1.71. The molecule has 254 valence electrons. The summed E-state index contributed by atoms with van der Waals surface area (Å²) in [4.78, 5) is 50.2. The molecule has 10 heteroatoms. The van der Waals surface area contributed by atoms with Crippen molar-refractivity contribution in [3.05, 3.63) is 161 Å². The second-order valence-corrected chi connectivity index (χ2v) is 13.9. The van der Waals surface area contributed by atoms with E-state index in [9.17, 15) is 19.5 Å². The first-order valence-electron chi connectivity index (χ1n) is 16.8. The number of thioether (sulfide) groups is 1. The molecule has 0 spiro atoms. The Morgan fingerprint density at radius 3 is 2.22 bits per heavy atom. The van der Waals surface area contributed by atoms with Crippen molar-refractivity contribution in [3.8, 4) is 0 Å². The third-order valence-electron chi connectivity index (χ3n) is 9.56. The van der Waals surface area contributed by atoms with Crippen LogP contribution in [0, 0.1) is 0 Å². The quantitative estimate of drug-likeness (QED) is 0.209. The molecule has 0 aliphatic carbocycles. The Bertz CT molecular complexity index is 1900. The smallest absolute Gasteiger partial charge is 0.256 e. The molecule has 0 saturated carbocycles. The highest BCUT2D eigenvalue weighted by Gasteiger charge is 2.42.